The van der Waals surface area contributed by atoms with Crippen molar-refractivity contribution in [3.8, 4) is 0 Å². The van der Waals surface area contributed by atoms with Crippen LogP contribution in [0.1, 0.15) is 13.8 Å². The molecule has 0 spiro atoms. The van der Waals surface area contributed by atoms with Crippen molar-refractivity contribution in [1.29, 1.82) is 0 Å². The molecule has 6 nitrogen and oxygen atoms in total. The van der Waals surface area contributed by atoms with Gasteiger partial charge in [0.1, 0.15) is 4.75 Å². The van der Waals surface area contributed by atoms with E-state index in [0.29, 0.717) is 0 Å². The molecule has 0 aliphatic heterocycles. The maximum Gasteiger partial charge on any atom is 0.433 e. The highest BCUT2D eigenvalue weighted by molar-refractivity contribution is 7.92. The number of nitrogens with one attached hydrogen (secondary N) is 1. The van der Waals surface area contributed by atoms with Gasteiger partial charge in [-0.25, -0.2) is 13.2 Å². The van der Waals surface area contributed by atoms with Crippen LogP contribution in [0.2, 0.25) is 0 Å². The summed E-state index contributed by atoms with van der Waals surface area (Å²) in [4.78, 5) is 14.8. The molecule has 0 rings (SSSR count). The van der Waals surface area contributed by atoms with Crippen molar-refractivity contribution in [3.63, 3.8) is 0 Å². The number of rotatable bonds is 3. The zero-order chi connectivity index (χ0) is 11.4. The van der Waals surface area contributed by atoms with Crippen LogP contribution < -0.4 is 5.32 Å². The fraction of sp³-hybridized carbons (Fsp3) is 0.714. The number of hydrogen-bond donors (Lipinski definition) is 1. The Morgan fingerprint density at radius 3 is 2.36 bits per heavy atom. The van der Waals surface area contributed by atoms with Gasteiger partial charge in [0, 0.05) is 13.3 Å². The standard InChI is InChI=1S/C7H14N2O4S/c1-7(2,14(4,11)12)5-9-13-6(10)8-3/h5H,1-4H3,(H,8,10). The Balaban J connectivity index is 4.46. The minimum absolute atomic E-state index is 0.745. The van der Waals surface area contributed by atoms with E-state index in [4.69, 9.17) is 0 Å². The third-order valence-corrected chi connectivity index (χ3v) is 3.68. The third kappa shape index (κ3) is 3.73. The third-order valence-electron chi connectivity index (χ3n) is 1.66. The fourth-order valence-electron chi connectivity index (χ4n) is 0.343. The van der Waals surface area contributed by atoms with E-state index < -0.39 is 20.7 Å². The molecule has 0 aliphatic rings. The van der Waals surface area contributed by atoms with Gasteiger partial charge < -0.3 is 5.32 Å². The monoisotopic (exact) mass is 222 g/mol. The molecule has 14 heavy (non-hydrogen) atoms. The number of amides is 1. The highest BCUT2D eigenvalue weighted by Gasteiger charge is 2.28. The summed E-state index contributed by atoms with van der Waals surface area (Å²) < 4.78 is 21.2. The van der Waals surface area contributed by atoms with E-state index >= 15 is 0 Å². The van der Waals surface area contributed by atoms with E-state index in [1.807, 2.05) is 0 Å². The van der Waals surface area contributed by atoms with E-state index in [2.05, 4.69) is 15.3 Å². The average molecular weight is 222 g/mol. The van der Waals surface area contributed by atoms with Crippen molar-refractivity contribution in [3.05, 3.63) is 0 Å². The van der Waals surface area contributed by atoms with Crippen molar-refractivity contribution in [1.82, 2.24) is 5.32 Å². The van der Waals surface area contributed by atoms with Gasteiger partial charge in [-0.05, 0) is 13.8 Å². The molecule has 82 valence electrons. The quantitative estimate of drug-likeness (QED) is 0.418. The first-order valence-electron chi connectivity index (χ1n) is 3.83. The van der Waals surface area contributed by atoms with Crippen LogP contribution in [-0.4, -0.2) is 38.8 Å². The van der Waals surface area contributed by atoms with E-state index in [1.54, 1.807) is 0 Å². The summed E-state index contributed by atoms with van der Waals surface area (Å²) in [7, 11) is -1.89. The summed E-state index contributed by atoms with van der Waals surface area (Å²) in [5.74, 6) is 0. The first kappa shape index (κ1) is 12.9. The molecular weight excluding hydrogens is 208 g/mol. The van der Waals surface area contributed by atoms with Gasteiger partial charge in [0.2, 0.25) is 0 Å². The molecule has 0 saturated heterocycles. The zero-order valence-electron chi connectivity index (χ0n) is 8.57. The molecule has 0 atom stereocenters. The summed E-state index contributed by atoms with van der Waals surface area (Å²) in [6.07, 6.45) is 1.40. The average Bonchev–Trinajstić information content (AvgIpc) is 2.01. The van der Waals surface area contributed by atoms with Gasteiger partial charge >= 0.3 is 6.09 Å². The molecular formula is C7H14N2O4S. The molecule has 0 saturated carbocycles. The van der Waals surface area contributed by atoms with Gasteiger partial charge in [-0.1, -0.05) is 5.16 Å². The first-order chi connectivity index (χ1) is 6.20. The van der Waals surface area contributed by atoms with Crippen LogP contribution in [0.5, 0.6) is 0 Å². The summed E-state index contributed by atoms with van der Waals surface area (Å²) in [6, 6.07) is 0. The van der Waals surface area contributed by atoms with Crippen LogP contribution in [0.4, 0.5) is 4.79 Å². The Labute approximate surface area is 83.2 Å². The summed E-state index contributed by atoms with van der Waals surface area (Å²) in [5, 5.41) is 5.43. The van der Waals surface area contributed by atoms with Gasteiger partial charge in [-0.15, -0.1) is 0 Å². The minimum Gasteiger partial charge on any atom is -0.323 e. The Morgan fingerprint density at radius 2 is 2.00 bits per heavy atom. The lowest BCUT2D eigenvalue weighted by molar-refractivity contribution is 0.153. The van der Waals surface area contributed by atoms with Crippen LogP contribution in [0, 0.1) is 0 Å². The van der Waals surface area contributed by atoms with Crippen molar-refractivity contribution < 1.29 is 18.0 Å². The lowest BCUT2D eigenvalue weighted by atomic mass is 10.2. The molecule has 0 bridgehead atoms. The molecule has 0 unspecified atom stereocenters. The van der Waals surface area contributed by atoms with Crippen molar-refractivity contribution in [2.75, 3.05) is 13.3 Å². The second-order valence-electron chi connectivity index (χ2n) is 3.24. The van der Waals surface area contributed by atoms with Gasteiger partial charge in [-0.3, -0.25) is 4.84 Å². The first-order valence-corrected chi connectivity index (χ1v) is 5.72. The van der Waals surface area contributed by atoms with Crippen molar-refractivity contribution >= 4 is 22.1 Å². The van der Waals surface area contributed by atoms with Crippen LogP contribution in [-0.2, 0) is 14.7 Å². The molecule has 1 amide bonds. The molecule has 0 aromatic heterocycles. The van der Waals surface area contributed by atoms with Gasteiger partial charge in [0.15, 0.2) is 9.84 Å². The van der Waals surface area contributed by atoms with Crippen LogP contribution in [0.15, 0.2) is 5.16 Å². The van der Waals surface area contributed by atoms with E-state index in [9.17, 15) is 13.2 Å². The predicted molar refractivity (Wildman–Crippen MR) is 53.0 cm³/mol. The van der Waals surface area contributed by atoms with E-state index in [1.165, 1.54) is 20.9 Å². The normalized spacial score (nSPS) is 12.9. The number of hydrogen-bond acceptors (Lipinski definition) is 5. The number of carbonyl (C=O) groups excluding carboxylic acids is 1. The summed E-state index contributed by atoms with van der Waals surface area (Å²) in [5.41, 5.74) is 0. The smallest absolute Gasteiger partial charge is 0.323 e. The molecule has 0 aliphatic carbocycles. The van der Waals surface area contributed by atoms with Gasteiger partial charge in [-0.2, -0.15) is 0 Å². The summed E-state index contributed by atoms with van der Waals surface area (Å²) in [6.45, 7) is 2.91. The SMILES string of the molecule is CNC(=O)ON=CC(C)(C)S(C)(=O)=O. The zero-order valence-corrected chi connectivity index (χ0v) is 9.38. The Morgan fingerprint density at radius 1 is 1.50 bits per heavy atom. The fourth-order valence-corrected chi connectivity index (χ4v) is 0.577. The van der Waals surface area contributed by atoms with E-state index in [-0.39, 0.29) is 0 Å². The topological polar surface area (TPSA) is 84.8 Å². The lowest BCUT2D eigenvalue weighted by Crippen LogP contribution is -2.32. The van der Waals surface area contributed by atoms with Crippen LogP contribution in [0.25, 0.3) is 0 Å². The van der Waals surface area contributed by atoms with Gasteiger partial charge in [0.25, 0.3) is 0 Å². The highest BCUT2D eigenvalue weighted by Crippen LogP contribution is 2.11. The molecule has 0 fully saturated rings. The molecule has 1 N–H and O–H groups in total. The number of carbonyl (C=O) groups is 1. The van der Waals surface area contributed by atoms with Crippen LogP contribution in [0.3, 0.4) is 0 Å². The Hall–Kier alpha value is -1.11. The number of sulfone groups is 1. The molecule has 7 heteroatoms. The Bertz CT molecular complexity index is 332. The lowest BCUT2D eigenvalue weighted by Gasteiger charge is -2.15. The molecule has 0 heterocycles. The molecule has 0 radical (unpaired) electrons. The number of oxime groups is 1. The number of nitrogens with zero attached hydrogens (tertiary/aromatic N) is 1. The van der Waals surface area contributed by atoms with E-state index in [0.717, 1.165) is 12.5 Å². The maximum absolute atomic E-state index is 11.2. The van der Waals surface area contributed by atoms with Crippen molar-refractivity contribution in [2.45, 2.75) is 18.6 Å². The van der Waals surface area contributed by atoms with Crippen molar-refractivity contribution in [2.24, 2.45) is 5.16 Å². The second-order valence-corrected chi connectivity index (χ2v) is 5.84. The molecule has 0 aromatic rings. The molecule has 0 aromatic carbocycles. The van der Waals surface area contributed by atoms with Gasteiger partial charge in [0.05, 0.1) is 6.21 Å². The van der Waals surface area contributed by atoms with Crippen LogP contribution >= 0.6 is 0 Å². The maximum atomic E-state index is 11.2. The predicted octanol–water partition coefficient (Wildman–Crippen LogP) is 0.151. The largest absolute Gasteiger partial charge is 0.433 e. The minimum atomic E-state index is -3.27. The Kier molecular flexibility index (Phi) is 4.06. The highest BCUT2D eigenvalue weighted by atomic mass is 32.2. The second kappa shape index (κ2) is 4.41. The summed E-state index contributed by atoms with van der Waals surface area (Å²) >= 11 is 0.